The molecule has 0 spiro atoms. The predicted molar refractivity (Wildman–Crippen MR) is 328 cm³/mol. The van der Waals surface area contributed by atoms with Crippen LogP contribution in [0.2, 0.25) is 0 Å². The summed E-state index contributed by atoms with van der Waals surface area (Å²) in [5.41, 5.74) is 0. The lowest BCUT2D eigenvalue weighted by Crippen LogP contribution is -2.66. The Balaban J connectivity index is 1.42. The Kier molecular flexibility index (Phi) is 45.4. The molecule has 0 aromatic carbocycles. The van der Waals surface area contributed by atoms with Crippen LogP contribution in [0.4, 0.5) is 0 Å². The number of carbonyl (C=O) groups is 1. The summed E-state index contributed by atoms with van der Waals surface area (Å²) in [6.45, 7) is 1.84. The topological polar surface area (TPSA) is 307 Å². The number of aliphatic hydroxyl groups excluding tert-OH is 11. The molecule has 0 saturated carbocycles. The van der Waals surface area contributed by atoms with Gasteiger partial charge in [0.1, 0.15) is 73.2 Å². The van der Waals surface area contributed by atoms with E-state index in [1.807, 2.05) is 0 Å². The maximum absolute atomic E-state index is 13.4. The fourth-order valence-corrected chi connectivity index (χ4v) is 12.3. The molecule has 3 aliphatic heterocycles. The Morgan fingerprint density at radius 3 is 1.02 bits per heavy atom. The van der Waals surface area contributed by atoms with Crippen molar-refractivity contribution >= 4 is 5.91 Å². The van der Waals surface area contributed by atoms with Crippen molar-refractivity contribution in [2.45, 2.75) is 388 Å². The summed E-state index contributed by atoms with van der Waals surface area (Å²) >= 11 is 0. The number of hydrogen-bond acceptors (Lipinski definition) is 18. The summed E-state index contributed by atoms with van der Waals surface area (Å²) < 4.78 is 34.4. The molecule has 3 rings (SSSR count). The van der Waals surface area contributed by atoms with E-state index >= 15 is 0 Å². The number of hydrogen-bond donors (Lipinski definition) is 12. The number of ether oxygens (including phenoxy) is 6. The molecule has 0 aromatic rings. The van der Waals surface area contributed by atoms with Crippen molar-refractivity contribution in [1.82, 2.24) is 5.32 Å². The summed E-state index contributed by atoms with van der Waals surface area (Å²) in [6, 6.07) is -0.881. The summed E-state index contributed by atoms with van der Waals surface area (Å²) in [6.07, 6.45) is 24.7. The van der Waals surface area contributed by atoms with Gasteiger partial charge in [-0.05, 0) is 12.8 Å². The van der Waals surface area contributed by atoms with Gasteiger partial charge in [-0.2, -0.15) is 0 Å². The Labute approximate surface area is 513 Å². The summed E-state index contributed by atoms with van der Waals surface area (Å²) in [5.74, 6) is -0.236. The van der Waals surface area contributed by atoms with Crippen molar-refractivity contribution in [3.8, 4) is 0 Å². The third kappa shape index (κ3) is 32.1. The molecule has 12 N–H and O–H groups in total. The standard InChI is InChI=1S/C66H127NO18/c1-3-5-7-9-11-13-15-17-19-21-22-23-24-25-26-27-28-29-31-33-35-37-39-41-43-50(71)49(67-54(72)44-42-40-38-36-34-32-30-20-18-16-14-12-10-8-6-4-2)48-80-64-60(78)57(75)62(52(46-69)82-64)85-66-61(79)58(76)63(53(47-70)83-66)84-65-59(77)56(74)55(73)51(45-68)81-65/h49-53,55-66,68-71,73-79H,3-48H2,1-2H3,(H,67,72). The number of aliphatic hydroxyl groups is 11. The molecule has 3 fully saturated rings. The quantitative estimate of drug-likeness (QED) is 0.0253. The van der Waals surface area contributed by atoms with E-state index in [0.29, 0.717) is 12.8 Å². The van der Waals surface area contributed by atoms with E-state index in [2.05, 4.69) is 19.2 Å². The van der Waals surface area contributed by atoms with Crippen LogP contribution in [0.15, 0.2) is 0 Å². The number of rotatable bonds is 54. The molecule has 3 heterocycles. The fourth-order valence-electron chi connectivity index (χ4n) is 12.3. The minimum absolute atomic E-state index is 0.236. The van der Waals surface area contributed by atoms with Crippen LogP contribution in [0.1, 0.15) is 284 Å². The normalized spacial score (nSPS) is 28.9. The van der Waals surface area contributed by atoms with Crippen LogP contribution < -0.4 is 5.32 Å². The fraction of sp³-hybridized carbons (Fsp3) is 0.985. The van der Waals surface area contributed by atoms with E-state index in [1.54, 1.807) is 0 Å². The summed E-state index contributed by atoms with van der Waals surface area (Å²) in [4.78, 5) is 13.4. The van der Waals surface area contributed by atoms with Crippen molar-refractivity contribution in [1.29, 1.82) is 0 Å². The highest BCUT2D eigenvalue weighted by molar-refractivity contribution is 5.76. The highest BCUT2D eigenvalue weighted by Gasteiger charge is 2.53. The smallest absolute Gasteiger partial charge is 0.220 e. The maximum Gasteiger partial charge on any atom is 0.220 e. The summed E-state index contributed by atoms with van der Waals surface area (Å²) in [7, 11) is 0. The maximum atomic E-state index is 13.4. The molecule has 0 aliphatic carbocycles. The van der Waals surface area contributed by atoms with Gasteiger partial charge in [-0.25, -0.2) is 0 Å². The van der Waals surface area contributed by atoms with E-state index < -0.39 is 124 Å². The first-order valence-electron chi connectivity index (χ1n) is 34.8. The molecule has 504 valence electrons. The lowest BCUT2D eigenvalue weighted by molar-refractivity contribution is -0.379. The first-order valence-corrected chi connectivity index (χ1v) is 34.8. The molecule has 1 amide bonds. The molecule has 17 unspecified atom stereocenters. The van der Waals surface area contributed by atoms with Crippen LogP contribution in [0.3, 0.4) is 0 Å². The molecule has 0 bridgehead atoms. The van der Waals surface area contributed by atoms with E-state index in [1.165, 1.54) is 205 Å². The zero-order chi connectivity index (χ0) is 61.9. The summed E-state index contributed by atoms with van der Waals surface area (Å²) in [5, 5.41) is 121. The Morgan fingerprint density at radius 2 is 0.671 bits per heavy atom. The first kappa shape index (κ1) is 78.0. The van der Waals surface area contributed by atoms with Gasteiger partial charge in [-0.3, -0.25) is 4.79 Å². The van der Waals surface area contributed by atoms with Gasteiger partial charge in [0.15, 0.2) is 18.9 Å². The van der Waals surface area contributed by atoms with Gasteiger partial charge >= 0.3 is 0 Å². The monoisotopic (exact) mass is 1220 g/mol. The van der Waals surface area contributed by atoms with E-state index in [-0.39, 0.29) is 18.9 Å². The third-order valence-electron chi connectivity index (χ3n) is 17.9. The van der Waals surface area contributed by atoms with Gasteiger partial charge in [-0.15, -0.1) is 0 Å². The van der Waals surface area contributed by atoms with Crippen molar-refractivity contribution in [2.75, 3.05) is 26.4 Å². The molecular weight excluding hydrogens is 1090 g/mol. The second kappa shape index (κ2) is 49.5. The molecular formula is C66H127NO18. The number of nitrogens with one attached hydrogen (secondary N) is 1. The molecule has 19 heteroatoms. The number of carbonyl (C=O) groups excluding carboxylic acids is 1. The van der Waals surface area contributed by atoms with Crippen molar-refractivity contribution < 1.29 is 89.4 Å². The lowest BCUT2D eigenvalue weighted by Gasteiger charge is -2.48. The van der Waals surface area contributed by atoms with Gasteiger partial charge < -0.3 is 89.9 Å². The molecule has 0 aromatic heterocycles. The lowest BCUT2D eigenvalue weighted by atomic mass is 9.96. The van der Waals surface area contributed by atoms with Crippen LogP contribution in [0, 0.1) is 0 Å². The van der Waals surface area contributed by atoms with Crippen molar-refractivity contribution in [3.63, 3.8) is 0 Å². The third-order valence-corrected chi connectivity index (χ3v) is 17.9. The highest BCUT2D eigenvalue weighted by Crippen LogP contribution is 2.33. The van der Waals surface area contributed by atoms with Gasteiger partial charge in [0, 0.05) is 6.42 Å². The van der Waals surface area contributed by atoms with Crippen LogP contribution in [0.25, 0.3) is 0 Å². The SMILES string of the molecule is CCCCCCCCCCCCCCCCCCCCCCCCCCC(O)C(COC1OC(CO)C(OC2OC(CO)C(OC3OC(CO)C(O)C(O)C3O)C(O)C2O)C(O)C1O)NC(=O)CCCCCCCCCCCCCCCCCC. The van der Waals surface area contributed by atoms with Gasteiger partial charge in [0.05, 0.1) is 38.6 Å². The average molecular weight is 1220 g/mol. The minimum atomic E-state index is -1.97. The van der Waals surface area contributed by atoms with Crippen molar-refractivity contribution in [3.05, 3.63) is 0 Å². The number of amides is 1. The predicted octanol–water partition coefficient (Wildman–Crippen LogP) is 8.72. The number of unbranched alkanes of at least 4 members (excludes halogenated alkanes) is 38. The van der Waals surface area contributed by atoms with Gasteiger partial charge in [0.25, 0.3) is 0 Å². The van der Waals surface area contributed by atoms with E-state index in [0.717, 1.165) is 44.9 Å². The van der Waals surface area contributed by atoms with E-state index in [4.69, 9.17) is 28.4 Å². The largest absolute Gasteiger partial charge is 0.394 e. The van der Waals surface area contributed by atoms with E-state index in [9.17, 15) is 61.0 Å². The second-order valence-corrected chi connectivity index (χ2v) is 25.4. The molecule has 17 atom stereocenters. The van der Waals surface area contributed by atoms with Gasteiger partial charge in [0.2, 0.25) is 5.91 Å². The zero-order valence-electron chi connectivity index (χ0n) is 53.1. The Hall–Kier alpha value is -1.21. The van der Waals surface area contributed by atoms with Crippen LogP contribution in [-0.2, 0) is 33.2 Å². The Morgan fingerprint density at radius 1 is 0.376 bits per heavy atom. The molecule has 3 saturated heterocycles. The molecule has 19 nitrogen and oxygen atoms in total. The first-order chi connectivity index (χ1) is 41.3. The van der Waals surface area contributed by atoms with Crippen LogP contribution in [0.5, 0.6) is 0 Å². The van der Waals surface area contributed by atoms with Crippen molar-refractivity contribution in [2.24, 2.45) is 0 Å². The highest BCUT2D eigenvalue weighted by atomic mass is 16.8. The van der Waals surface area contributed by atoms with Crippen LogP contribution >= 0.6 is 0 Å². The average Bonchev–Trinajstić information content (AvgIpc) is 3.10. The zero-order valence-corrected chi connectivity index (χ0v) is 53.1. The Bertz CT molecular complexity index is 1550. The van der Waals surface area contributed by atoms with Crippen LogP contribution in [-0.4, -0.2) is 193 Å². The molecule has 85 heavy (non-hydrogen) atoms. The molecule has 0 radical (unpaired) electrons. The minimum Gasteiger partial charge on any atom is -0.394 e. The van der Waals surface area contributed by atoms with Gasteiger partial charge in [-0.1, -0.05) is 264 Å². The second-order valence-electron chi connectivity index (χ2n) is 25.4. The molecule has 3 aliphatic rings.